The van der Waals surface area contributed by atoms with Crippen LogP contribution in [0.4, 0.5) is 0 Å². The zero-order valence-corrected chi connectivity index (χ0v) is 7.74. The summed E-state index contributed by atoms with van der Waals surface area (Å²) in [6.45, 7) is 1.99. The Bertz CT molecular complexity index is 236. The maximum atomic E-state index is 10.2. The van der Waals surface area contributed by atoms with Crippen LogP contribution < -0.4 is 5.73 Å². The van der Waals surface area contributed by atoms with Crippen molar-refractivity contribution in [2.45, 2.75) is 13.0 Å². The third-order valence-electron chi connectivity index (χ3n) is 1.24. The molecule has 11 heavy (non-hydrogen) atoms. The van der Waals surface area contributed by atoms with Gasteiger partial charge in [-0.15, -0.1) is 23.7 Å². The lowest BCUT2D eigenvalue weighted by atomic mass is 10.3. The normalized spacial score (nSPS) is 11.8. The number of hydrogen-bond acceptors (Lipinski definition) is 3. The monoisotopic (exact) mass is 191 g/mol. The molecule has 0 saturated carbocycles. The molecule has 4 heteroatoms. The predicted molar refractivity (Wildman–Crippen MR) is 49.3 cm³/mol. The molecule has 0 fully saturated rings. The number of halogens is 1. The highest BCUT2D eigenvalue weighted by molar-refractivity contribution is 7.12. The molecule has 0 radical (unpaired) electrons. The Morgan fingerprint density at radius 2 is 2.27 bits per heavy atom. The Labute approximate surface area is 75.8 Å². The molecular weight excluding hydrogens is 182 g/mol. The zero-order valence-electron chi connectivity index (χ0n) is 6.11. The largest absolute Gasteiger partial charge is 0.317 e. The first-order valence-electron chi connectivity index (χ1n) is 3.01. The van der Waals surface area contributed by atoms with E-state index in [4.69, 9.17) is 5.73 Å². The van der Waals surface area contributed by atoms with E-state index in [0.717, 1.165) is 11.2 Å². The molecular formula is C7H10ClNOS. The molecule has 0 saturated heterocycles. The maximum absolute atomic E-state index is 10.2. The van der Waals surface area contributed by atoms with E-state index in [1.54, 1.807) is 11.3 Å². The van der Waals surface area contributed by atoms with Gasteiger partial charge in [0.25, 0.3) is 0 Å². The molecule has 62 valence electrons. The molecule has 1 aromatic rings. The van der Waals surface area contributed by atoms with Crippen LogP contribution >= 0.6 is 23.7 Å². The van der Waals surface area contributed by atoms with Crippen LogP contribution in [0.2, 0.25) is 0 Å². The van der Waals surface area contributed by atoms with Crippen LogP contribution in [0.5, 0.6) is 0 Å². The molecule has 1 heterocycles. The maximum Gasteiger partial charge on any atom is 0.142 e. The second-order valence-corrected chi connectivity index (χ2v) is 3.43. The summed E-state index contributed by atoms with van der Waals surface area (Å²) in [4.78, 5) is 12.3. The number of hydrogen-bond donors (Lipinski definition) is 1. The van der Waals surface area contributed by atoms with Gasteiger partial charge in [0.15, 0.2) is 0 Å². The van der Waals surface area contributed by atoms with Gasteiger partial charge in [-0.3, -0.25) is 0 Å². The van der Waals surface area contributed by atoms with E-state index >= 15 is 0 Å². The standard InChI is InChI=1S/C7H9NOS.ClH/c1-5-2-3-7(10-5)6(8)4-9;/h2-4,6H,8H2,1H3;1H. The molecule has 1 unspecified atom stereocenters. The molecule has 0 bridgehead atoms. The van der Waals surface area contributed by atoms with Gasteiger partial charge >= 0.3 is 0 Å². The number of carbonyl (C=O) groups excluding carboxylic acids is 1. The number of carbonyl (C=O) groups is 1. The molecule has 1 atom stereocenters. The molecule has 0 aliphatic carbocycles. The molecule has 0 spiro atoms. The molecule has 2 N–H and O–H groups in total. The molecule has 2 nitrogen and oxygen atoms in total. The summed E-state index contributed by atoms with van der Waals surface area (Å²) in [5.74, 6) is 0. The molecule has 0 aliphatic rings. The van der Waals surface area contributed by atoms with Gasteiger partial charge in [-0.05, 0) is 19.1 Å². The molecule has 0 aromatic carbocycles. The first kappa shape index (κ1) is 10.6. The minimum Gasteiger partial charge on any atom is -0.317 e. The van der Waals surface area contributed by atoms with Crippen molar-refractivity contribution in [3.05, 3.63) is 21.9 Å². The van der Waals surface area contributed by atoms with Crippen molar-refractivity contribution in [1.82, 2.24) is 0 Å². The average Bonchev–Trinajstić information content (AvgIpc) is 2.34. The van der Waals surface area contributed by atoms with Crippen molar-refractivity contribution in [3.8, 4) is 0 Å². The summed E-state index contributed by atoms with van der Waals surface area (Å²) in [7, 11) is 0. The highest BCUT2D eigenvalue weighted by Crippen LogP contribution is 2.19. The van der Waals surface area contributed by atoms with Crippen LogP contribution in [0.25, 0.3) is 0 Å². The van der Waals surface area contributed by atoms with Crippen LogP contribution in [0.3, 0.4) is 0 Å². The van der Waals surface area contributed by atoms with E-state index in [0.29, 0.717) is 0 Å². The fourth-order valence-electron chi connectivity index (χ4n) is 0.700. The van der Waals surface area contributed by atoms with Gasteiger partial charge in [0.2, 0.25) is 0 Å². The Balaban J connectivity index is 0.000001000. The van der Waals surface area contributed by atoms with Crippen molar-refractivity contribution in [1.29, 1.82) is 0 Å². The number of thiophene rings is 1. The van der Waals surface area contributed by atoms with Gasteiger partial charge in [0.1, 0.15) is 6.29 Å². The fourth-order valence-corrected chi connectivity index (χ4v) is 1.54. The minimum atomic E-state index is -0.432. The van der Waals surface area contributed by atoms with Crippen molar-refractivity contribution in [2.75, 3.05) is 0 Å². The smallest absolute Gasteiger partial charge is 0.142 e. The van der Waals surface area contributed by atoms with Gasteiger partial charge in [0, 0.05) is 9.75 Å². The quantitative estimate of drug-likeness (QED) is 0.723. The summed E-state index contributed by atoms with van der Waals surface area (Å²) in [6, 6.07) is 3.42. The lowest BCUT2D eigenvalue weighted by Gasteiger charge is -1.95. The van der Waals surface area contributed by atoms with Crippen LogP contribution in [0.1, 0.15) is 15.8 Å². The third kappa shape index (κ3) is 2.61. The Hall–Kier alpha value is -0.380. The summed E-state index contributed by atoms with van der Waals surface area (Å²) in [5, 5.41) is 0. The fraction of sp³-hybridized carbons (Fsp3) is 0.286. The van der Waals surface area contributed by atoms with E-state index in [2.05, 4.69) is 0 Å². The molecule has 0 aliphatic heterocycles. The summed E-state index contributed by atoms with van der Waals surface area (Å²) in [6.07, 6.45) is 0.755. The average molecular weight is 192 g/mol. The second-order valence-electron chi connectivity index (χ2n) is 2.11. The van der Waals surface area contributed by atoms with Gasteiger partial charge < -0.3 is 10.5 Å². The lowest BCUT2D eigenvalue weighted by Crippen LogP contribution is -2.08. The van der Waals surface area contributed by atoms with Gasteiger partial charge in [-0.25, -0.2) is 0 Å². The van der Waals surface area contributed by atoms with E-state index in [-0.39, 0.29) is 12.4 Å². The van der Waals surface area contributed by atoms with E-state index in [9.17, 15) is 4.79 Å². The van der Waals surface area contributed by atoms with Crippen molar-refractivity contribution >= 4 is 30.0 Å². The number of aldehydes is 1. The number of rotatable bonds is 2. The van der Waals surface area contributed by atoms with Crippen molar-refractivity contribution in [2.24, 2.45) is 5.73 Å². The molecule has 0 amide bonds. The van der Waals surface area contributed by atoms with Crippen LogP contribution in [-0.4, -0.2) is 6.29 Å². The number of aryl methyl sites for hydroxylation is 1. The van der Waals surface area contributed by atoms with E-state index in [1.165, 1.54) is 4.88 Å². The summed E-state index contributed by atoms with van der Waals surface area (Å²) in [5.41, 5.74) is 5.45. The van der Waals surface area contributed by atoms with E-state index in [1.807, 2.05) is 19.1 Å². The van der Waals surface area contributed by atoms with Gasteiger partial charge in [-0.1, -0.05) is 0 Å². The second kappa shape index (κ2) is 4.49. The SMILES string of the molecule is Cc1ccc(C(N)C=O)s1.Cl. The minimum absolute atomic E-state index is 0. The highest BCUT2D eigenvalue weighted by Gasteiger charge is 2.04. The molecule has 1 rings (SSSR count). The van der Waals surface area contributed by atoms with E-state index < -0.39 is 6.04 Å². The highest BCUT2D eigenvalue weighted by atomic mass is 35.5. The zero-order chi connectivity index (χ0) is 7.56. The van der Waals surface area contributed by atoms with Crippen LogP contribution in [-0.2, 0) is 4.79 Å². The van der Waals surface area contributed by atoms with Crippen LogP contribution in [0, 0.1) is 6.92 Å². The Morgan fingerprint density at radius 1 is 1.64 bits per heavy atom. The summed E-state index contributed by atoms with van der Waals surface area (Å²) < 4.78 is 0. The lowest BCUT2D eigenvalue weighted by molar-refractivity contribution is -0.108. The van der Waals surface area contributed by atoms with Crippen LogP contribution in [0.15, 0.2) is 12.1 Å². The van der Waals surface area contributed by atoms with Gasteiger partial charge in [-0.2, -0.15) is 0 Å². The third-order valence-corrected chi connectivity index (χ3v) is 2.34. The Kier molecular flexibility index (Phi) is 4.33. The van der Waals surface area contributed by atoms with Crippen molar-refractivity contribution < 1.29 is 4.79 Å². The van der Waals surface area contributed by atoms with Gasteiger partial charge in [0.05, 0.1) is 6.04 Å². The molecule has 1 aromatic heterocycles. The summed E-state index contributed by atoms with van der Waals surface area (Å²) >= 11 is 1.56. The topological polar surface area (TPSA) is 43.1 Å². The Morgan fingerprint density at radius 3 is 2.64 bits per heavy atom. The number of nitrogens with two attached hydrogens (primary N) is 1. The van der Waals surface area contributed by atoms with Crippen molar-refractivity contribution in [3.63, 3.8) is 0 Å². The first-order chi connectivity index (χ1) is 4.74. The first-order valence-corrected chi connectivity index (χ1v) is 3.83. The predicted octanol–water partition coefficient (Wildman–Crippen LogP) is 1.68.